The van der Waals surface area contributed by atoms with E-state index in [0.717, 1.165) is 35.9 Å². The van der Waals surface area contributed by atoms with Crippen LogP contribution in [0.25, 0.3) is 10.2 Å². The Kier molecular flexibility index (Phi) is 6.37. The second kappa shape index (κ2) is 8.54. The van der Waals surface area contributed by atoms with E-state index in [1.807, 2.05) is 13.8 Å². The first-order valence-electron chi connectivity index (χ1n) is 9.06. The Morgan fingerprint density at radius 2 is 2.27 bits per heavy atom. The van der Waals surface area contributed by atoms with Crippen molar-refractivity contribution in [3.05, 3.63) is 20.8 Å². The van der Waals surface area contributed by atoms with Gasteiger partial charge in [0, 0.05) is 31.7 Å². The van der Waals surface area contributed by atoms with E-state index in [0.29, 0.717) is 24.9 Å². The first-order chi connectivity index (χ1) is 12.5. The van der Waals surface area contributed by atoms with E-state index >= 15 is 0 Å². The van der Waals surface area contributed by atoms with E-state index < -0.39 is 0 Å². The van der Waals surface area contributed by atoms with Crippen molar-refractivity contribution in [2.75, 3.05) is 19.8 Å². The first kappa shape index (κ1) is 19.4. The maximum Gasteiger partial charge on any atom is 0.262 e. The molecule has 0 spiro atoms. The highest BCUT2D eigenvalue weighted by atomic mass is 32.2. The van der Waals surface area contributed by atoms with Gasteiger partial charge in [0.2, 0.25) is 5.91 Å². The summed E-state index contributed by atoms with van der Waals surface area (Å²) in [6.07, 6.45) is 3.93. The van der Waals surface area contributed by atoms with Gasteiger partial charge in [-0.05, 0) is 45.1 Å². The van der Waals surface area contributed by atoms with Crippen LogP contribution in [0.5, 0.6) is 0 Å². The Morgan fingerprint density at radius 3 is 3.04 bits per heavy atom. The molecule has 2 aromatic rings. The normalized spacial score (nSPS) is 14.6. The van der Waals surface area contributed by atoms with E-state index in [-0.39, 0.29) is 16.7 Å². The minimum Gasteiger partial charge on any atom is -0.382 e. The number of nitrogens with zero attached hydrogens (tertiary/aromatic N) is 2. The minimum atomic E-state index is -0.315. The molecule has 1 aliphatic rings. The summed E-state index contributed by atoms with van der Waals surface area (Å²) in [5, 5.41) is 3.97. The summed E-state index contributed by atoms with van der Waals surface area (Å²) in [6.45, 7) is 5.72. The molecule has 1 N–H and O–H groups in total. The van der Waals surface area contributed by atoms with Crippen molar-refractivity contribution < 1.29 is 9.53 Å². The standard InChI is InChI=1S/C18H25N3O3S2/c1-4-24-10-6-9-19-15(22)11(2)25-18-20-16-14(17(23)21(18)3)12-7-5-8-13(12)26-16/h11H,4-10H2,1-3H3,(H,19,22). The average molecular weight is 396 g/mol. The molecule has 3 rings (SSSR count). The van der Waals surface area contributed by atoms with Crippen molar-refractivity contribution in [3.63, 3.8) is 0 Å². The van der Waals surface area contributed by atoms with Gasteiger partial charge in [-0.2, -0.15) is 0 Å². The number of thioether (sulfide) groups is 1. The van der Waals surface area contributed by atoms with E-state index in [4.69, 9.17) is 4.74 Å². The van der Waals surface area contributed by atoms with Crippen LogP contribution in [0.15, 0.2) is 9.95 Å². The number of thiophene rings is 1. The molecule has 6 nitrogen and oxygen atoms in total. The average Bonchev–Trinajstić information content (AvgIpc) is 3.19. The van der Waals surface area contributed by atoms with Gasteiger partial charge >= 0.3 is 0 Å². The van der Waals surface area contributed by atoms with Crippen molar-refractivity contribution in [1.82, 2.24) is 14.9 Å². The largest absolute Gasteiger partial charge is 0.382 e. The molecule has 0 fully saturated rings. The number of aromatic nitrogens is 2. The topological polar surface area (TPSA) is 73.2 Å². The predicted octanol–water partition coefficient (Wildman–Crippen LogP) is 2.51. The number of carbonyl (C=O) groups excluding carboxylic acids is 1. The summed E-state index contributed by atoms with van der Waals surface area (Å²) in [6, 6.07) is 0. The Labute approximate surface area is 161 Å². The number of amides is 1. The number of nitrogens with one attached hydrogen (secondary N) is 1. The van der Waals surface area contributed by atoms with Gasteiger partial charge in [0.25, 0.3) is 5.56 Å². The lowest BCUT2D eigenvalue weighted by Gasteiger charge is -2.13. The summed E-state index contributed by atoms with van der Waals surface area (Å²) < 4.78 is 6.84. The number of hydrogen-bond acceptors (Lipinski definition) is 6. The second-order valence-corrected chi connectivity index (χ2v) is 8.79. The molecule has 2 heterocycles. The lowest BCUT2D eigenvalue weighted by molar-refractivity contribution is -0.120. The van der Waals surface area contributed by atoms with Crippen LogP contribution in [0, 0.1) is 0 Å². The molecule has 0 saturated heterocycles. The Hall–Kier alpha value is -1.38. The number of ether oxygens (including phenoxy) is 1. The van der Waals surface area contributed by atoms with Crippen molar-refractivity contribution in [2.45, 2.75) is 49.9 Å². The molecular weight excluding hydrogens is 370 g/mol. The zero-order valence-corrected chi connectivity index (χ0v) is 17.1. The summed E-state index contributed by atoms with van der Waals surface area (Å²) in [4.78, 5) is 31.9. The van der Waals surface area contributed by atoms with Crippen molar-refractivity contribution in [3.8, 4) is 0 Å². The van der Waals surface area contributed by atoms with E-state index in [1.165, 1.54) is 22.2 Å². The monoisotopic (exact) mass is 395 g/mol. The number of rotatable bonds is 8. The maximum absolute atomic E-state index is 12.8. The smallest absolute Gasteiger partial charge is 0.262 e. The van der Waals surface area contributed by atoms with Crippen LogP contribution >= 0.6 is 23.1 Å². The van der Waals surface area contributed by atoms with E-state index in [1.54, 1.807) is 23.0 Å². The number of carbonyl (C=O) groups is 1. The predicted molar refractivity (Wildman–Crippen MR) is 106 cm³/mol. The molecule has 26 heavy (non-hydrogen) atoms. The Bertz CT molecular complexity index is 859. The molecule has 1 unspecified atom stereocenters. The third-order valence-corrected chi connectivity index (χ3v) is 6.85. The molecule has 0 aliphatic heterocycles. The van der Waals surface area contributed by atoms with Crippen molar-refractivity contribution in [1.29, 1.82) is 0 Å². The minimum absolute atomic E-state index is 0.00113. The third kappa shape index (κ3) is 3.97. The Balaban J connectivity index is 1.69. The molecule has 0 radical (unpaired) electrons. The van der Waals surface area contributed by atoms with Crippen LogP contribution in [0.4, 0.5) is 0 Å². The number of aryl methyl sites for hydroxylation is 2. The first-order valence-corrected chi connectivity index (χ1v) is 10.8. The highest BCUT2D eigenvalue weighted by Crippen LogP contribution is 2.35. The van der Waals surface area contributed by atoms with Crippen molar-refractivity contribution >= 4 is 39.2 Å². The molecule has 1 aliphatic carbocycles. The van der Waals surface area contributed by atoms with Gasteiger partial charge in [0.1, 0.15) is 4.83 Å². The van der Waals surface area contributed by atoms with Crippen LogP contribution in [0.1, 0.15) is 37.1 Å². The van der Waals surface area contributed by atoms with Gasteiger partial charge < -0.3 is 10.1 Å². The molecule has 0 aromatic carbocycles. The SMILES string of the molecule is CCOCCCNC(=O)C(C)Sc1nc2sc3c(c2c(=O)n1C)CCC3. The van der Waals surface area contributed by atoms with E-state index in [2.05, 4.69) is 10.3 Å². The highest BCUT2D eigenvalue weighted by molar-refractivity contribution is 8.00. The lowest BCUT2D eigenvalue weighted by Crippen LogP contribution is -2.32. The van der Waals surface area contributed by atoms with Crippen LogP contribution in [-0.2, 0) is 29.4 Å². The van der Waals surface area contributed by atoms with Gasteiger partial charge in [-0.1, -0.05) is 11.8 Å². The van der Waals surface area contributed by atoms with Crippen LogP contribution in [0.3, 0.4) is 0 Å². The van der Waals surface area contributed by atoms with Crippen LogP contribution < -0.4 is 10.9 Å². The molecule has 1 atom stereocenters. The second-order valence-electron chi connectivity index (χ2n) is 6.40. The molecule has 2 aromatic heterocycles. The van der Waals surface area contributed by atoms with Gasteiger partial charge in [-0.3, -0.25) is 14.2 Å². The van der Waals surface area contributed by atoms with Crippen molar-refractivity contribution in [2.24, 2.45) is 7.05 Å². The lowest BCUT2D eigenvalue weighted by atomic mass is 10.2. The zero-order chi connectivity index (χ0) is 18.7. The zero-order valence-electron chi connectivity index (χ0n) is 15.5. The summed E-state index contributed by atoms with van der Waals surface area (Å²) >= 11 is 2.96. The maximum atomic E-state index is 12.8. The molecule has 1 amide bonds. The van der Waals surface area contributed by atoms with Gasteiger partial charge in [-0.15, -0.1) is 11.3 Å². The summed E-state index contributed by atoms with van der Waals surface area (Å²) in [7, 11) is 1.74. The van der Waals surface area contributed by atoms with E-state index in [9.17, 15) is 9.59 Å². The fraction of sp³-hybridized carbons (Fsp3) is 0.611. The number of hydrogen-bond donors (Lipinski definition) is 1. The van der Waals surface area contributed by atoms with Crippen LogP contribution in [0.2, 0.25) is 0 Å². The third-order valence-electron chi connectivity index (χ3n) is 4.53. The fourth-order valence-corrected chi connectivity index (χ4v) is 5.30. The molecule has 0 bridgehead atoms. The quantitative estimate of drug-likeness (QED) is 0.422. The molecule has 142 valence electrons. The number of fused-ring (bicyclic) bond motifs is 3. The highest BCUT2D eigenvalue weighted by Gasteiger charge is 2.24. The van der Waals surface area contributed by atoms with Gasteiger partial charge in [-0.25, -0.2) is 4.98 Å². The fourth-order valence-electron chi connectivity index (χ4n) is 3.10. The van der Waals surface area contributed by atoms with Gasteiger partial charge in [0.15, 0.2) is 5.16 Å². The van der Waals surface area contributed by atoms with Crippen LogP contribution in [-0.4, -0.2) is 40.5 Å². The molecule has 0 saturated carbocycles. The summed E-state index contributed by atoms with van der Waals surface area (Å²) in [5.41, 5.74) is 1.19. The molecular formula is C18H25N3O3S2. The Morgan fingerprint density at radius 1 is 1.46 bits per heavy atom. The van der Waals surface area contributed by atoms with Gasteiger partial charge in [0.05, 0.1) is 10.6 Å². The molecule has 8 heteroatoms. The summed E-state index contributed by atoms with van der Waals surface area (Å²) in [5.74, 6) is -0.0467.